The van der Waals surface area contributed by atoms with E-state index in [2.05, 4.69) is 10.4 Å². The van der Waals surface area contributed by atoms with Gasteiger partial charge in [0, 0.05) is 25.0 Å². The minimum absolute atomic E-state index is 0.142. The lowest BCUT2D eigenvalue weighted by atomic mass is 10.0. The molecular formula is C20H20FN3O2. The fourth-order valence-corrected chi connectivity index (χ4v) is 3.27. The van der Waals surface area contributed by atoms with Gasteiger partial charge in [-0.25, -0.2) is 9.07 Å². The van der Waals surface area contributed by atoms with Crippen LogP contribution in [0.2, 0.25) is 0 Å². The summed E-state index contributed by atoms with van der Waals surface area (Å²) in [7, 11) is 1.64. The van der Waals surface area contributed by atoms with Crippen LogP contribution in [0, 0.1) is 5.82 Å². The quantitative estimate of drug-likeness (QED) is 0.766. The maximum atomic E-state index is 13.7. The Labute approximate surface area is 151 Å². The summed E-state index contributed by atoms with van der Waals surface area (Å²) in [5, 5.41) is 7.72. The number of nitrogens with zero attached hydrogens (tertiary/aromatic N) is 2. The number of fused-ring (bicyclic) bond motifs is 1. The van der Waals surface area contributed by atoms with Crippen LogP contribution in [0.3, 0.4) is 0 Å². The molecule has 1 aromatic heterocycles. The van der Waals surface area contributed by atoms with E-state index in [0.717, 1.165) is 34.7 Å². The van der Waals surface area contributed by atoms with Crippen LogP contribution in [0.4, 0.5) is 4.39 Å². The van der Waals surface area contributed by atoms with Crippen molar-refractivity contribution in [3.05, 3.63) is 71.8 Å². The molecule has 1 aliphatic rings. The number of hydrogen-bond donors (Lipinski definition) is 1. The first kappa shape index (κ1) is 16.6. The Bertz CT molecular complexity index is 896. The van der Waals surface area contributed by atoms with E-state index in [1.807, 2.05) is 30.5 Å². The third kappa shape index (κ3) is 3.28. The van der Waals surface area contributed by atoms with Gasteiger partial charge in [-0.3, -0.25) is 0 Å². The molecular weight excluding hydrogens is 333 g/mol. The minimum atomic E-state index is -0.257. The molecule has 0 radical (unpaired) electrons. The highest BCUT2D eigenvalue weighted by atomic mass is 19.1. The van der Waals surface area contributed by atoms with E-state index in [0.29, 0.717) is 13.2 Å². The van der Waals surface area contributed by atoms with E-state index in [-0.39, 0.29) is 11.9 Å². The first-order chi connectivity index (χ1) is 12.7. The Morgan fingerprint density at radius 1 is 1.31 bits per heavy atom. The zero-order valence-corrected chi connectivity index (χ0v) is 14.5. The molecule has 6 heteroatoms. The van der Waals surface area contributed by atoms with Gasteiger partial charge in [-0.05, 0) is 47.9 Å². The lowest BCUT2D eigenvalue weighted by molar-refractivity contribution is 0.226. The molecule has 0 unspecified atom stereocenters. The molecule has 1 atom stereocenters. The molecule has 4 rings (SSSR count). The largest absolute Gasteiger partial charge is 0.493 e. The number of nitrogens with one attached hydrogen (secondary N) is 1. The molecule has 0 saturated carbocycles. The molecule has 26 heavy (non-hydrogen) atoms. The topological polar surface area (TPSA) is 48.3 Å². The summed E-state index contributed by atoms with van der Waals surface area (Å²) in [6.45, 7) is 1.07. The summed E-state index contributed by atoms with van der Waals surface area (Å²) < 4.78 is 26.7. The number of halogens is 1. The summed E-state index contributed by atoms with van der Waals surface area (Å²) in [4.78, 5) is 0. The summed E-state index contributed by atoms with van der Waals surface area (Å²) in [5.41, 5.74) is 2.83. The maximum absolute atomic E-state index is 13.7. The zero-order chi connectivity index (χ0) is 17.9. The SMILES string of the molecule is COc1cccc2c1OC[C@H](NCc1cc(F)ccc1-n1cccn1)C2. The predicted octanol–water partition coefficient (Wildman–Crippen LogP) is 3.11. The normalized spacial score (nSPS) is 16.0. The first-order valence-corrected chi connectivity index (χ1v) is 8.55. The van der Waals surface area contributed by atoms with Crippen LogP contribution in [-0.2, 0) is 13.0 Å². The van der Waals surface area contributed by atoms with Crippen molar-refractivity contribution in [1.29, 1.82) is 0 Å². The molecule has 0 aliphatic carbocycles. The number of hydrogen-bond acceptors (Lipinski definition) is 4. The monoisotopic (exact) mass is 353 g/mol. The Kier molecular flexibility index (Phi) is 4.58. The highest BCUT2D eigenvalue weighted by Crippen LogP contribution is 2.34. The molecule has 0 spiro atoms. The molecule has 0 fully saturated rings. The first-order valence-electron chi connectivity index (χ1n) is 8.55. The van der Waals surface area contributed by atoms with E-state index in [1.165, 1.54) is 6.07 Å². The fourth-order valence-electron chi connectivity index (χ4n) is 3.27. The van der Waals surface area contributed by atoms with Crippen molar-refractivity contribution in [2.75, 3.05) is 13.7 Å². The average molecular weight is 353 g/mol. The van der Waals surface area contributed by atoms with Crippen LogP contribution in [0.5, 0.6) is 11.5 Å². The van der Waals surface area contributed by atoms with E-state index in [1.54, 1.807) is 30.1 Å². The average Bonchev–Trinajstić information content (AvgIpc) is 3.20. The molecule has 2 aromatic carbocycles. The maximum Gasteiger partial charge on any atom is 0.164 e. The fraction of sp³-hybridized carbons (Fsp3) is 0.250. The summed E-state index contributed by atoms with van der Waals surface area (Å²) in [6, 6.07) is 12.6. The van der Waals surface area contributed by atoms with Gasteiger partial charge in [0.1, 0.15) is 12.4 Å². The highest BCUT2D eigenvalue weighted by Gasteiger charge is 2.22. The number of benzene rings is 2. The molecule has 1 N–H and O–H groups in total. The van der Waals surface area contributed by atoms with E-state index < -0.39 is 0 Å². The summed E-state index contributed by atoms with van der Waals surface area (Å²) >= 11 is 0. The molecule has 0 bridgehead atoms. The molecule has 0 amide bonds. The lowest BCUT2D eigenvalue weighted by Crippen LogP contribution is -2.39. The predicted molar refractivity (Wildman–Crippen MR) is 96.3 cm³/mol. The third-order valence-corrected chi connectivity index (χ3v) is 4.55. The Balaban J connectivity index is 1.49. The summed E-state index contributed by atoms with van der Waals surface area (Å²) in [5.74, 6) is 1.32. The lowest BCUT2D eigenvalue weighted by Gasteiger charge is -2.27. The van der Waals surface area contributed by atoms with Gasteiger partial charge in [0.05, 0.1) is 12.8 Å². The van der Waals surface area contributed by atoms with Crippen LogP contribution in [-0.4, -0.2) is 29.5 Å². The number of rotatable bonds is 5. The van der Waals surface area contributed by atoms with Gasteiger partial charge in [0.2, 0.25) is 0 Å². The molecule has 134 valence electrons. The molecule has 2 heterocycles. The van der Waals surface area contributed by atoms with Gasteiger partial charge in [-0.2, -0.15) is 5.10 Å². The van der Waals surface area contributed by atoms with Crippen molar-refractivity contribution in [2.45, 2.75) is 19.0 Å². The molecule has 1 aliphatic heterocycles. The Hall–Kier alpha value is -2.86. The number of para-hydroxylation sites is 1. The van der Waals surface area contributed by atoms with Crippen LogP contribution in [0.15, 0.2) is 54.9 Å². The molecule has 0 saturated heterocycles. The van der Waals surface area contributed by atoms with E-state index in [9.17, 15) is 4.39 Å². The molecule has 3 aromatic rings. The number of aromatic nitrogens is 2. The second-order valence-corrected chi connectivity index (χ2v) is 6.27. The second kappa shape index (κ2) is 7.17. The van der Waals surface area contributed by atoms with Gasteiger partial charge in [-0.15, -0.1) is 0 Å². The van der Waals surface area contributed by atoms with Gasteiger partial charge in [0.15, 0.2) is 11.5 Å². The molecule has 5 nitrogen and oxygen atoms in total. The zero-order valence-electron chi connectivity index (χ0n) is 14.5. The summed E-state index contributed by atoms with van der Waals surface area (Å²) in [6.07, 6.45) is 4.39. The van der Waals surface area contributed by atoms with E-state index in [4.69, 9.17) is 9.47 Å². The van der Waals surface area contributed by atoms with Gasteiger partial charge >= 0.3 is 0 Å². The van der Waals surface area contributed by atoms with E-state index >= 15 is 0 Å². The Morgan fingerprint density at radius 3 is 3.04 bits per heavy atom. The van der Waals surface area contributed by atoms with Gasteiger partial charge in [0.25, 0.3) is 0 Å². The smallest absolute Gasteiger partial charge is 0.164 e. The van der Waals surface area contributed by atoms with Crippen molar-refractivity contribution in [3.63, 3.8) is 0 Å². The van der Waals surface area contributed by atoms with Crippen LogP contribution >= 0.6 is 0 Å². The third-order valence-electron chi connectivity index (χ3n) is 4.55. The second-order valence-electron chi connectivity index (χ2n) is 6.27. The van der Waals surface area contributed by atoms with Crippen molar-refractivity contribution < 1.29 is 13.9 Å². The number of ether oxygens (including phenoxy) is 2. The highest BCUT2D eigenvalue weighted by molar-refractivity contribution is 5.48. The van der Waals surface area contributed by atoms with Crippen LogP contribution < -0.4 is 14.8 Å². The van der Waals surface area contributed by atoms with Crippen LogP contribution in [0.25, 0.3) is 5.69 Å². The van der Waals surface area contributed by atoms with Crippen molar-refractivity contribution >= 4 is 0 Å². The van der Waals surface area contributed by atoms with Crippen molar-refractivity contribution in [2.24, 2.45) is 0 Å². The van der Waals surface area contributed by atoms with Crippen LogP contribution in [0.1, 0.15) is 11.1 Å². The Morgan fingerprint density at radius 2 is 2.23 bits per heavy atom. The van der Waals surface area contributed by atoms with Gasteiger partial charge < -0.3 is 14.8 Å². The van der Waals surface area contributed by atoms with Crippen molar-refractivity contribution in [1.82, 2.24) is 15.1 Å². The van der Waals surface area contributed by atoms with Gasteiger partial charge in [-0.1, -0.05) is 12.1 Å². The number of methoxy groups -OCH3 is 1. The van der Waals surface area contributed by atoms with Crippen molar-refractivity contribution in [3.8, 4) is 17.2 Å². The standard InChI is InChI=1S/C20H20FN3O2/c1-25-19-5-2-4-14-11-17(13-26-20(14)19)22-12-15-10-16(21)6-7-18(15)24-9-3-8-23-24/h2-10,17,22H,11-13H2,1H3/t17-/m1/s1. The minimum Gasteiger partial charge on any atom is -0.493 e.